The van der Waals surface area contributed by atoms with Crippen molar-refractivity contribution in [1.82, 2.24) is 4.98 Å². The molecule has 0 aliphatic carbocycles. The Labute approximate surface area is 108 Å². The average molecular weight is 249 g/mol. The molecule has 1 unspecified atom stereocenters. The van der Waals surface area contributed by atoms with Crippen molar-refractivity contribution in [2.24, 2.45) is 11.7 Å². The minimum absolute atomic E-state index is 0.371. The van der Waals surface area contributed by atoms with Gasteiger partial charge in [0, 0.05) is 25.0 Å². The summed E-state index contributed by atoms with van der Waals surface area (Å²) in [6.07, 6.45) is 5.66. The molecule has 0 radical (unpaired) electrons. The van der Waals surface area contributed by atoms with Gasteiger partial charge in [-0.25, -0.2) is 0 Å². The lowest BCUT2D eigenvalue weighted by Gasteiger charge is -2.34. The zero-order valence-electron chi connectivity index (χ0n) is 10.2. The number of hydrogen-bond acceptors (Lipinski definition) is 3. The molecule has 2 rings (SSSR count). The van der Waals surface area contributed by atoms with Gasteiger partial charge in [-0.2, -0.15) is 0 Å². The third kappa shape index (κ3) is 2.94. The van der Waals surface area contributed by atoms with E-state index >= 15 is 0 Å². The van der Waals surface area contributed by atoms with Gasteiger partial charge in [-0.15, -0.1) is 0 Å². The van der Waals surface area contributed by atoms with Crippen LogP contribution in [0.3, 0.4) is 0 Å². The van der Waals surface area contributed by atoms with Crippen molar-refractivity contribution in [1.29, 1.82) is 0 Å². The number of anilines is 1. The van der Waals surface area contributed by atoms with E-state index in [4.69, 9.17) is 18.0 Å². The molecular weight excluding hydrogens is 230 g/mol. The lowest BCUT2D eigenvalue weighted by molar-refractivity contribution is 0.404. The monoisotopic (exact) mass is 249 g/mol. The maximum absolute atomic E-state index is 5.62. The molecule has 1 aliphatic rings. The summed E-state index contributed by atoms with van der Waals surface area (Å²) >= 11 is 4.97. The molecule has 1 saturated heterocycles. The SMILES string of the molecule is CCC1CCCN(c2ccnc(C(N)=S)c2)C1. The molecule has 1 atom stereocenters. The molecule has 1 fully saturated rings. The first kappa shape index (κ1) is 12.3. The third-order valence-electron chi connectivity index (χ3n) is 3.46. The molecule has 3 nitrogen and oxygen atoms in total. The van der Waals surface area contributed by atoms with Gasteiger partial charge in [0.05, 0.1) is 5.69 Å². The smallest absolute Gasteiger partial charge is 0.122 e. The number of piperidine rings is 1. The van der Waals surface area contributed by atoms with Crippen LogP contribution in [0.2, 0.25) is 0 Å². The van der Waals surface area contributed by atoms with Crippen LogP contribution < -0.4 is 10.6 Å². The number of nitrogens with two attached hydrogens (primary N) is 1. The van der Waals surface area contributed by atoms with E-state index in [1.165, 1.54) is 24.9 Å². The lowest BCUT2D eigenvalue weighted by atomic mass is 9.95. The van der Waals surface area contributed by atoms with Gasteiger partial charge in [-0.05, 0) is 30.9 Å². The van der Waals surface area contributed by atoms with Crippen LogP contribution in [0.15, 0.2) is 18.3 Å². The molecule has 17 heavy (non-hydrogen) atoms. The Balaban J connectivity index is 2.16. The van der Waals surface area contributed by atoms with Crippen molar-refractivity contribution in [2.45, 2.75) is 26.2 Å². The van der Waals surface area contributed by atoms with E-state index in [2.05, 4.69) is 16.8 Å². The molecule has 0 aromatic carbocycles. The van der Waals surface area contributed by atoms with Gasteiger partial charge in [0.1, 0.15) is 4.99 Å². The van der Waals surface area contributed by atoms with Crippen molar-refractivity contribution in [3.05, 3.63) is 24.0 Å². The normalized spacial score (nSPS) is 20.3. The molecule has 1 aromatic rings. The number of pyridine rings is 1. The van der Waals surface area contributed by atoms with E-state index in [1.807, 2.05) is 12.1 Å². The first-order valence-corrected chi connectivity index (χ1v) is 6.62. The van der Waals surface area contributed by atoms with E-state index in [0.29, 0.717) is 4.99 Å². The van der Waals surface area contributed by atoms with Gasteiger partial charge in [0.25, 0.3) is 0 Å². The fraction of sp³-hybridized carbons (Fsp3) is 0.538. The number of rotatable bonds is 3. The fourth-order valence-electron chi connectivity index (χ4n) is 2.38. The second-order valence-corrected chi connectivity index (χ2v) is 5.07. The van der Waals surface area contributed by atoms with Crippen LogP contribution in [-0.2, 0) is 0 Å². The van der Waals surface area contributed by atoms with Gasteiger partial charge in [0.2, 0.25) is 0 Å². The van der Waals surface area contributed by atoms with Crippen molar-refractivity contribution in [2.75, 3.05) is 18.0 Å². The van der Waals surface area contributed by atoms with E-state index in [9.17, 15) is 0 Å². The Bertz CT molecular complexity index is 405. The molecule has 0 spiro atoms. The highest BCUT2D eigenvalue weighted by Crippen LogP contribution is 2.24. The Hall–Kier alpha value is -1.16. The highest BCUT2D eigenvalue weighted by Gasteiger charge is 2.19. The number of aromatic nitrogens is 1. The Kier molecular flexibility index (Phi) is 3.94. The molecule has 92 valence electrons. The first-order chi connectivity index (χ1) is 8.20. The highest BCUT2D eigenvalue weighted by molar-refractivity contribution is 7.80. The lowest BCUT2D eigenvalue weighted by Crippen LogP contribution is -2.35. The van der Waals surface area contributed by atoms with Gasteiger partial charge in [-0.3, -0.25) is 4.98 Å². The van der Waals surface area contributed by atoms with Gasteiger partial charge < -0.3 is 10.6 Å². The Morgan fingerprint density at radius 3 is 3.18 bits per heavy atom. The van der Waals surface area contributed by atoms with Crippen LogP contribution in [0.1, 0.15) is 31.9 Å². The Morgan fingerprint density at radius 2 is 2.47 bits per heavy atom. The molecule has 4 heteroatoms. The van der Waals surface area contributed by atoms with Crippen molar-refractivity contribution in [3.63, 3.8) is 0 Å². The van der Waals surface area contributed by atoms with Crippen LogP contribution in [-0.4, -0.2) is 23.1 Å². The van der Waals surface area contributed by atoms with E-state index in [1.54, 1.807) is 6.20 Å². The summed E-state index contributed by atoms with van der Waals surface area (Å²) in [6.45, 7) is 4.52. The highest BCUT2D eigenvalue weighted by atomic mass is 32.1. The topological polar surface area (TPSA) is 42.2 Å². The quantitative estimate of drug-likeness (QED) is 0.835. The zero-order chi connectivity index (χ0) is 12.3. The molecule has 1 aromatic heterocycles. The predicted molar refractivity (Wildman–Crippen MR) is 75.4 cm³/mol. The zero-order valence-corrected chi connectivity index (χ0v) is 11.0. The maximum atomic E-state index is 5.62. The van der Waals surface area contributed by atoms with Crippen molar-refractivity contribution in [3.8, 4) is 0 Å². The maximum Gasteiger partial charge on any atom is 0.122 e. The van der Waals surface area contributed by atoms with E-state index in [-0.39, 0.29) is 0 Å². The summed E-state index contributed by atoms with van der Waals surface area (Å²) in [5.41, 5.74) is 7.53. The summed E-state index contributed by atoms with van der Waals surface area (Å²) in [5.74, 6) is 0.810. The van der Waals surface area contributed by atoms with Crippen molar-refractivity contribution < 1.29 is 0 Å². The van der Waals surface area contributed by atoms with Gasteiger partial charge in [0.15, 0.2) is 0 Å². The summed E-state index contributed by atoms with van der Waals surface area (Å²) < 4.78 is 0. The number of thiocarbonyl (C=S) groups is 1. The standard InChI is InChI=1S/C13H19N3S/c1-2-10-4-3-7-16(9-10)11-5-6-15-12(8-11)13(14)17/h5-6,8,10H,2-4,7,9H2,1H3,(H2,14,17). The summed E-state index contributed by atoms with van der Waals surface area (Å²) in [5, 5.41) is 0. The number of nitrogens with zero attached hydrogens (tertiary/aromatic N) is 2. The van der Waals surface area contributed by atoms with Crippen LogP contribution >= 0.6 is 12.2 Å². The third-order valence-corrected chi connectivity index (χ3v) is 3.67. The Morgan fingerprint density at radius 1 is 1.65 bits per heavy atom. The summed E-state index contributed by atoms with van der Waals surface area (Å²) in [7, 11) is 0. The van der Waals surface area contributed by atoms with Gasteiger partial charge >= 0.3 is 0 Å². The molecule has 0 saturated carbocycles. The minimum atomic E-state index is 0.371. The van der Waals surface area contributed by atoms with Crippen LogP contribution in [0.25, 0.3) is 0 Å². The molecule has 1 aliphatic heterocycles. The van der Waals surface area contributed by atoms with Crippen LogP contribution in [0.4, 0.5) is 5.69 Å². The van der Waals surface area contributed by atoms with Crippen molar-refractivity contribution >= 4 is 22.9 Å². The first-order valence-electron chi connectivity index (χ1n) is 6.21. The second kappa shape index (κ2) is 5.45. The number of hydrogen-bond donors (Lipinski definition) is 1. The van der Waals surface area contributed by atoms with E-state index in [0.717, 1.165) is 24.7 Å². The van der Waals surface area contributed by atoms with Crippen LogP contribution in [0, 0.1) is 5.92 Å². The predicted octanol–water partition coefficient (Wildman–Crippen LogP) is 2.34. The largest absolute Gasteiger partial charge is 0.388 e. The second-order valence-electron chi connectivity index (χ2n) is 4.63. The average Bonchev–Trinajstić information content (AvgIpc) is 2.39. The molecule has 2 N–H and O–H groups in total. The molecule has 0 bridgehead atoms. The summed E-state index contributed by atoms with van der Waals surface area (Å²) in [6, 6.07) is 4.04. The minimum Gasteiger partial charge on any atom is -0.388 e. The van der Waals surface area contributed by atoms with Gasteiger partial charge in [-0.1, -0.05) is 25.6 Å². The van der Waals surface area contributed by atoms with E-state index < -0.39 is 0 Å². The fourth-order valence-corrected chi connectivity index (χ4v) is 2.50. The molecule has 0 amide bonds. The van der Waals surface area contributed by atoms with Crippen LogP contribution in [0.5, 0.6) is 0 Å². The molecule has 2 heterocycles. The molecular formula is C13H19N3S. The summed E-state index contributed by atoms with van der Waals surface area (Å²) in [4.78, 5) is 6.97.